The number of hydrogen-bond acceptors (Lipinski definition) is 3. The van der Waals surface area contributed by atoms with Crippen molar-refractivity contribution in [1.29, 1.82) is 0 Å². The van der Waals surface area contributed by atoms with E-state index in [2.05, 4.69) is 13.8 Å². The summed E-state index contributed by atoms with van der Waals surface area (Å²) in [6.45, 7) is 4.16. The second-order valence-corrected chi connectivity index (χ2v) is 5.49. The Morgan fingerprint density at radius 1 is 1.30 bits per heavy atom. The predicted octanol–water partition coefficient (Wildman–Crippen LogP) is 2.42. The fourth-order valence-electron chi connectivity index (χ4n) is 2.94. The Balaban J connectivity index is 2.31. The summed E-state index contributed by atoms with van der Waals surface area (Å²) in [7, 11) is -0.905. The molecule has 2 rings (SSSR count). The number of hydrogen-bond donors (Lipinski definition) is 1. The Bertz CT molecular complexity index is 461. The highest BCUT2D eigenvalue weighted by Crippen LogP contribution is 2.31. The van der Waals surface area contributed by atoms with Crippen LogP contribution in [0.25, 0.3) is 0 Å². The van der Waals surface area contributed by atoms with Gasteiger partial charge in [0, 0.05) is 6.42 Å². The minimum atomic E-state index is -0.905. The summed E-state index contributed by atoms with van der Waals surface area (Å²) in [4.78, 5) is 12.5. The third-order valence-corrected chi connectivity index (χ3v) is 3.97. The molecule has 20 heavy (non-hydrogen) atoms. The molecule has 1 N–H and O–H groups in total. The third-order valence-electron chi connectivity index (χ3n) is 3.97. The van der Waals surface area contributed by atoms with Gasteiger partial charge in [-0.1, -0.05) is 51.0 Å². The number of Topliss-reactive ketones (excluding diaryl/α,β-unsaturated/α-hetero) is 1. The molecule has 1 aliphatic heterocycles. The van der Waals surface area contributed by atoms with Gasteiger partial charge in [0.15, 0.2) is 0 Å². The molecule has 0 saturated heterocycles. The smallest absolute Gasteiger partial charge is 0.423 e. The van der Waals surface area contributed by atoms with Crippen LogP contribution in [0.4, 0.5) is 0 Å². The topological polar surface area (TPSA) is 46.5 Å². The van der Waals surface area contributed by atoms with Crippen LogP contribution in [0.15, 0.2) is 24.3 Å². The molecular weight excluding hydrogens is 251 g/mol. The van der Waals surface area contributed by atoms with Crippen LogP contribution in [0, 0.1) is 0 Å². The van der Waals surface area contributed by atoms with Gasteiger partial charge in [-0.3, -0.25) is 4.79 Å². The molecule has 1 heterocycles. The van der Waals surface area contributed by atoms with Crippen LogP contribution in [-0.2, 0) is 9.45 Å². The van der Waals surface area contributed by atoms with Gasteiger partial charge >= 0.3 is 7.12 Å². The number of benzene rings is 1. The molecule has 0 radical (unpaired) electrons. The summed E-state index contributed by atoms with van der Waals surface area (Å²) >= 11 is 0. The highest BCUT2D eigenvalue weighted by atomic mass is 16.5. The normalized spacial score (nSPS) is 21.6. The first-order valence-electron chi connectivity index (χ1n) is 7.64. The molecule has 2 atom stereocenters. The molecule has 0 bridgehead atoms. The second kappa shape index (κ2) is 7.05. The lowest BCUT2D eigenvalue weighted by Crippen LogP contribution is -2.49. The van der Waals surface area contributed by atoms with Crippen molar-refractivity contribution < 1.29 is 14.5 Å². The molecule has 1 aromatic carbocycles. The molecule has 0 spiro atoms. The van der Waals surface area contributed by atoms with Crippen LogP contribution in [0.3, 0.4) is 0 Å². The van der Waals surface area contributed by atoms with E-state index in [1.54, 1.807) is 0 Å². The number of ketones is 1. The largest absolute Gasteiger partial charge is 0.491 e. The van der Waals surface area contributed by atoms with E-state index >= 15 is 0 Å². The van der Waals surface area contributed by atoms with E-state index in [0.29, 0.717) is 6.42 Å². The van der Waals surface area contributed by atoms with Gasteiger partial charge in [-0.05, 0) is 23.9 Å². The maximum atomic E-state index is 12.5. The van der Waals surface area contributed by atoms with Crippen molar-refractivity contribution in [3.05, 3.63) is 29.8 Å². The van der Waals surface area contributed by atoms with Crippen LogP contribution < -0.4 is 5.46 Å². The maximum absolute atomic E-state index is 12.5. The van der Waals surface area contributed by atoms with E-state index in [4.69, 9.17) is 4.65 Å². The van der Waals surface area contributed by atoms with E-state index in [1.807, 2.05) is 24.3 Å². The molecule has 1 aliphatic rings. The lowest BCUT2D eigenvalue weighted by atomic mass is 9.67. The summed E-state index contributed by atoms with van der Waals surface area (Å²) in [5.74, 6) is 0.0192. The van der Waals surface area contributed by atoms with Gasteiger partial charge < -0.3 is 9.68 Å². The van der Waals surface area contributed by atoms with Gasteiger partial charge in [0.1, 0.15) is 5.78 Å². The summed E-state index contributed by atoms with van der Waals surface area (Å²) in [6.07, 6.45) is 4.07. The molecule has 108 valence electrons. The SMILES string of the molecule is CCCCC(=O)[C@@H]1c2ccccc2B(O)O[C@@H]1CCC. The zero-order valence-corrected chi connectivity index (χ0v) is 12.3. The fraction of sp³-hybridized carbons (Fsp3) is 0.562. The van der Waals surface area contributed by atoms with Crippen LogP contribution >= 0.6 is 0 Å². The Labute approximate surface area is 121 Å². The van der Waals surface area contributed by atoms with Crippen LogP contribution in [0.5, 0.6) is 0 Å². The second-order valence-electron chi connectivity index (χ2n) is 5.49. The first-order chi connectivity index (χ1) is 9.69. The monoisotopic (exact) mass is 274 g/mol. The van der Waals surface area contributed by atoms with Gasteiger partial charge in [0.2, 0.25) is 0 Å². The van der Waals surface area contributed by atoms with Gasteiger partial charge in [0.25, 0.3) is 0 Å². The zero-order valence-electron chi connectivity index (χ0n) is 12.3. The van der Waals surface area contributed by atoms with Gasteiger partial charge in [-0.15, -0.1) is 0 Å². The predicted molar refractivity (Wildman–Crippen MR) is 81.1 cm³/mol. The minimum absolute atomic E-state index is 0.200. The average Bonchev–Trinajstić information content (AvgIpc) is 2.45. The molecule has 3 nitrogen and oxygen atoms in total. The van der Waals surface area contributed by atoms with Crippen molar-refractivity contribution in [2.45, 2.75) is 58.0 Å². The van der Waals surface area contributed by atoms with Crippen LogP contribution in [0.1, 0.15) is 57.4 Å². The highest BCUT2D eigenvalue weighted by Gasteiger charge is 2.40. The first kappa shape index (κ1) is 15.3. The van der Waals surface area contributed by atoms with Crippen LogP contribution in [0.2, 0.25) is 0 Å². The van der Waals surface area contributed by atoms with Crippen molar-refractivity contribution in [1.82, 2.24) is 0 Å². The van der Waals surface area contributed by atoms with Crippen molar-refractivity contribution in [3.8, 4) is 0 Å². The lowest BCUT2D eigenvalue weighted by Gasteiger charge is -2.34. The van der Waals surface area contributed by atoms with E-state index in [1.165, 1.54) is 0 Å². The van der Waals surface area contributed by atoms with Gasteiger partial charge in [-0.25, -0.2) is 0 Å². The summed E-state index contributed by atoms with van der Waals surface area (Å²) in [6, 6.07) is 7.61. The molecule has 0 unspecified atom stereocenters. The van der Waals surface area contributed by atoms with Crippen molar-refractivity contribution in [2.24, 2.45) is 0 Å². The molecule has 0 saturated carbocycles. The number of unbranched alkanes of at least 4 members (excludes halogenated alkanes) is 1. The third kappa shape index (κ3) is 3.13. The van der Waals surface area contributed by atoms with E-state index in [9.17, 15) is 9.82 Å². The first-order valence-corrected chi connectivity index (χ1v) is 7.64. The molecule has 4 heteroatoms. The molecule has 0 aromatic heterocycles. The van der Waals surface area contributed by atoms with E-state index in [-0.39, 0.29) is 17.8 Å². The number of carbonyl (C=O) groups is 1. The minimum Gasteiger partial charge on any atom is -0.423 e. The molecule has 0 aliphatic carbocycles. The van der Waals surface area contributed by atoms with Crippen molar-refractivity contribution in [2.75, 3.05) is 0 Å². The summed E-state index contributed by atoms with van der Waals surface area (Å²) in [5, 5.41) is 10.1. The Hall–Kier alpha value is -1.13. The quantitative estimate of drug-likeness (QED) is 0.810. The van der Waals surface area contributed by atoms with Gasteiger partial charge in [0.05, 0.1) is 12.0 Å². The van der Waals surface area contributed by atoms with Gasteiger partial charge in [-0.2, -0.15) is 0 Å². The molecule has 1 aromatic rings. The van der Waals surface area contributed by atoms with E-state index in [0.717, 1.165) is 36.7 Å². The Morgan fingerprint density at radius 3 is 2.75 bits per heavy atom. The Morgan fingerprint density at radius 2 is 2.05 bits per heavy atom. The number of fused-ring (bicyclic) bond motifs is 1. The van der Waals surface area contributed by atoms with Crippen molar-refractivity contribution in [3.63, 3.8) is 0 Å². The van der Waals surface area contributed by atoms with Crippen LogP contribution in [-0.4, -0.2) is 24.0 Å². The standard InChI is InChI=1S/C16H23BO3/c1-3-5-11-14(18)16-12-9-6-7-10-13(12)17(19)20-15(16)8-4-2/h6-7,9-10,15-16,19H,3-5,8,11H2,1-2H3/t15-,16+/m1/s1. The Kier molecular flexibility index (Phi) is 5.38. The fourth-order valence-corrected chi connectivity index (χ4v) is 2.94. The lowest BCUT2D eigenvalue weighted by molar-refractivity contribution is -0.123. The maximum Gasteiger partial charge on any atom is 0.491 e. The zero-order chi connectivity index (χ0) is 14.5. The molecule has 0 fully saturated rings. The highest BCUT2D eigenvalue weighted by molar-refractivity contribution is 6.61. The number of rotatable bonds is 6. The summed E-state index contributed by atoms with van der Waals surface area (Å²) in [5.41, 5.74) is 1.69. The van der Waals surface area contributed by atoms with Crippen molar-refractivity contribution >= 4 is 18.4 Å². The summed E-state index contributed by atoms with van der Waals surface area (Å²) < 4.78 is 5.70. The average molecular weight is 274 g/mol. The molecule has 0 amide bonds. The number of carbonyl (C=O) groups excluding carboxylic acids is 1. The van der Waals surface area contributed by atoms with E-state index < -0.39 is 7.12 Å². The molecular formula is C16H23BO3.